The molecule has 7 heteroatoms. The highest BCUT2D eigenvalue weighted by molar-refractivity contribution is 5.78. The molecule has 30 heavy (non-hydrogen) atoms. The SMILES string of the molecule is COC(=O)C1ON(c2ccccc2)C(c2ccccc2)(c2ccccc2)C1[N+](=O)[O-]. The van der Waals surface area contributed by atoms with E-state index in [-0.39, 0.29) is 0 Å². The lowest BCUT2D eigenvalue weighted by atomic mass is 9.75. The number of benzene rings is 3. The van der Waals surface area contributed by atoms with Gasteiger partial charge in [0.2, 0.25) is 0 Å². The molecule has 4 rings (SSSR count). The molecule has 0 spiro atoms. The van der Waals surface area contributed by atoms with Crippen LogP contribution in [0, 0.1) is 10.1 Å². The molecular formula is C23H20N2O5. The van der Waals surface area contributed by atoms with E-state index in [4.69, 9.17) is 9.57 Å². The summed E-state index contributed by atoms with van der Waals surface area (Å²) in [4.78, 5) is 30.6. The van der Waals surface area contributed by atoms with Crippen molar-refractivity contribution in [3.8, 4) is 0 Å². The summed E-state index contributed by atoms with van der Waals surface area (Å²) in [6.45, 7) is 0. The molecule has 7 nitrogen and oxygen atoms in total. The number of hydroxylamine groups is 1. The van der Waals surface area contributed by atoms with Gasteiger partial charge in [-0.2, -0.15) is 0 Å². The van der Waals surface area contributed by atoms with Crippen LogP contribution in [0.25, 0.3) is 0 Å². The number of ether oxygens (including phenoxy) is 1. The molecule has 0 saturated carbocycles. The van der Waals surface area contributed by atoms with Gasteiger partial charge < -0.3 is 4.74 Å². The zero-order chi connectivity index (χ0) is 21.1. The number of methoxy groups -OCH3 is 1. The van der Waals surface area contributed by atoms with Gasteiger partial charge in [-0.3, -0.25) is 10.1 Å². The Bertz CT molecular complexity index is 988. The van der Waals surface area contributed by atoms with Crippen molar-refractivity contribution in [2.45, 2.75) is 17.7 Å². The van der Waals surface area contributed by atoms with E-state index in [1.807, 2.05) is 78.9 Å². The first kappa shape index (κ1) is 19.6. The number of esters is 1. The number of hydrogen-bond acceptors (Lipinski definition) is 6. The van der Waals surface area contributed by atoms with Gasteiger partial charge >= 0.3 is 5.97 Å². The van der Waals surface area contributed by atoms with Crippen molar-refractivity contribution >= 4 is 11.7 Å². The molecule has 3 aromatic carbocycles. The number of para-hydroxylation sites is 1. The average Bonchev–Trinajstić information content (AvgIpc) is 3.18. The van der Waals surface area contributed by atoms with E-state index in [2.05, 4.69) is 0 Å². The molecule has 0 N–H and O–H groups in total. The summed E-state index contributed by atoms with van der Waals surface area (Å²) in [7, 11) is 1.20. The van der Waals surface area contributed by atoms with Gasteiger partial charge in [-0.15, -0.1) is 0 Å². The Balaban J connectivity index is 2.08. The highest BCUT2D eigenvalue weighted by atomic mass is 16.7. The molecule has 0 radical (unpaired) electrons. The van der Waals surface area contributed by atoms with Crippen LogP contribution in [0.15, 0.2) is 91.0 Å². The number of anilines is 1. The van der Waals surface area contributed by atoms with E-state index in [1.54, 1.807) is 12.1 Å². The number of carbonyl (C=O) groups excluding carboxylic acids is 1. The first-order valence-electron chi connectivity index (χ1n) is 9.45. The van der Waals surface area contributed by atoms with Gasteiger partial charge in [0.05, 0.1) is 12.8 Å². The summed E-state index contributed by atoms with van der Waals surface area (Å²) in [6, 6.07) is 25.7. The quantitative estimate of drug-likeness (QED) is 0.367. The second-order valence-electron chi connectivity index (χ2n) is 6.91. The zero-order valence-electron chi connectivity index (χ0n) is 16.3. The fourth-order valence-corrected chi connectivity index (χ4v) is 4.10. The van der Waals surface area contributed by atoms with Crippen molar-refractivity contribution < 1.29 is 19.3 Å². The molecule has 2 unspecified atom stereocenters. The Morgan fingerprint density at radius 2 is 1.40 bits per heavy atom. The average molecular weight is 404 g/mol. The van der Waals surface area contributed by atoms with Crippen LogP contribution in [0.4, 0.5) is 5.69 Å². The monoisotopic (exact) mass is 404 g/mol. The van der Waals surface area contributed by atoms with E-state index in [1.165, 1.54) is 12.2 Å². The van der Waals surface area contributed by atoms with E-state index in [0.717, 1.165) is 0 Å². The standard InChI is InChI=1S/C23H20N2O5/c1-29-22(26)20-21(25(27)28)23(17-11-5-2-6-12-17,18-13-7-3-8-14-18)24(30-20)19-15-9-4-10-16-19/h2-16,20-21H,1H3. The molecule has 1 aliphatic heterocycles. The smallest absolute Gasteiger partial charge is 0.345 e. The Morgan fingerprint density at radius 3 is 1.83 bits per heavy atom. The van der Waals surface area contributed by atoms with E-state index < -0.39 is 28.6 Å². The number of carbonyl (C=O) groups is 1. The predicted octanol–water partition coefficient (Wildman–Crippen LogP) is 3.57. The van der Waals surface area contributed by atoms with Crippen molar-refractivity contribution in [3.63, 3.8) is 0 Å². The molecule has 0 bridgehead atoms. The van der Waals surface area contributed by atoms with Crippen LogP contribution in [-0.4, -0.2) is 30.1 Å². The molecule has 152 valence electrons. The van der Waals surface area contributed by atoms with Crippen LogP contribution < -0.4 is 5.06 Å². The highest BCUT2D eigenvalue weighted by Gasteiger charge is 2.67. The fraction of sp³-hybridized carbons (Fsp3) is 0.174. The Kier molecular flexibility index (Phi) is 5.20. The second-order valence-corrected chi connectivity index (χ2v) is 6.91. The first-order valence-corrected chi connectivity index (χ1v) is 9.45. The molecular weight excluding hydrogens is 384 g/mol. The topological polar surface area (TPSA) is 81.9 Å². The molecule has 2 atom stereocenters. The second kappa shape index (κ2) is 7.96. The van der Waals surface area contributed by atoms with Crippen molar-refractivity contribution in [2.24, 2.45) is 0 Å². The minimum Gasteiger partial charge on any atom is -0.467 e. The highest BCUT2D eigenvalue weighted by Crippen LogP contribution is 2.49. The van der Waals surface area contributed by atoms with Gasteiger partial charge in [0.25, 0.3) is 12.1 Å². The Labute approximate surface area is 173 Å². The van der Waals surface area contributed by atoms with Crippen LogP contribution in [0.2, 0.25) is 0 Å². The molecule has 1 heterocycles. The molecule has 1 saturated heterocycles. The zero-order valence-corrected chi connectivity index (χ0v) is 16.3. The Morgan fingerprint density at radius 1 is 0.933 bits per heavy atom. The predicted molar refractivity (Wildman–Crippen MR) is 110 cm³/mol. The summed E-state index contributed by atoms with van der Waals surface area (Å²) in [5, 5.41) is 13.9. The first-order chi connectivity index (χ1) is 14.6. The van der Waals surface area contributed by atoms with E-state index in [9.17, 15) is 14.9 Å². The lowest BCUT2D eigenvalue weighted by Gasteiger charge is -2.38. The Hall–Kier alpha value is -3.71. The van der Waals surface area contributed by atoms with E-state index in [0.29, 0.717) is 16.8 Å². The van der Waals surface area contributed by atoms with Gasteiger partial charge in [-0.1, -0.05) is 78.9 Å². The fourth-order valence-electron chi connectivity index (χ4n) is 4.10. The van der Waals surface area contributed by atoms with Gasteiger partial charge in [-0.05, 0) is 23.3 Å². The maximum atomic E-state index is 12.6. The number of rotatable bonds is 5. The molecule has 1 fully saturated rings. The lowest BCUT2D eigenvalue weighted by Crippen LogP contribution is -2.53. The lowest BCUT2D eigenvalue weighted by molar-refractivity contribution is -0.532. The maximum absolute atomic E-state index is 12.6. The van der Waals surface area contributed by atoms with Crippen LogP contribution >= 0.6 is 0 Å². The van der Waals surface area contributed by atoms with Crippen molar-refractivity contribution in [2.75, 3.05) is 12.2 Å². The molecule has 1 aliphatic rings. The molecule has 0 aromatic heterocycles. The van der Waals surface area contributed by atoms with Crippen molar-refractivity contribution in [1.29, 1.82) is 0 Å². The van der Waals surface area contributed by atoms with Gasteiger partial charge in [0.15, 0.2) is 5.54 Å². The minimum atomic E-state index is -1.45. The largest absolute Gasteiger partial charge is 0.467 e. The third-order valence-electron chi connectivity index (χ3n) is 5.33. The number of nitro groups is 1. The van der Waals surface area contributed by atoms with Crippen molar-refractivity contribution in [1.82, 2.24) is 0 Å². The van der Waals surface area contributed by atoms with Crippen LogP contribution in [0.1, 0.15) is 11.1 Å². The molecule has 3 aromatic rings. The summed E-state index contributed by atoms with van der Waals surface area (Å²) in [5.41, 5.74) is 0.455. The third kappa shape index (κ3) is 3.00. The summed E-state index contributed by atoms with van der Waals surface area (Å²) in [6.07, 6.45) is -1.43. The van der Waals surface area contributed by atoms with E-state index >= 15 is 0 Å². The van der Waals surface area contributed by atoms with Crippen LogP contribution in [-0.2, 0) is 19.9 Å². The van der Waals surface area contributed by atoms with Gasteiger partial charge in [0.1, 0.15) is 0 Å². The summed E-state index contributed by atoms with van der Waals surface area (Å²) >= 11 is 0. The summed E-state index contributed by atoms with van der Waals surface area (Å²) in [5.74, 6) is -0.800. The molecule has 0 amide bonds. The third-order valence-corrected chi connectivity index (χ3v) is 5.33. The van der Waals surface area contributed by atoms with Gasteiger partial charge in [-0.25, -0.2) is 14.7 Å². The van der Waals surface area contributed by atoms with Gasteiger partial charge in [0, 0.05) is 4.92 Å². The van der Waals surface area contributed by atoms with Crippen LogP contribution in [0.3, 0.4) is 0 Å². The van der Waals surface area contributed by atoms with Crippen molar-refractivity contribution in [3.05, 3.63) is 112 Å². The maximum Gasteiger partial charge on any atom is 0.345 e. The molecule has 0 aliphatic carbocycles. The normalized spacial score (nSPS) is 20.0. The minimum absolute atomic E-state index is 0.454. The number of nitrogens with zero attached hydrogens (tertiary/aromatic N) is 2. The number of hydrogen-bond donors (Lipinski definition) is 0. The van der Waals surface area contributed by atoms with Crippen LogP contribution in [0.5, 0.6) is 0 Å². The summed E-state index contributed by atoms with van der Waals surface area (Å²) < 4.78 is 4.87.